The number of carboxylic acids is 1. The number of carbonyl (C=O) groups is 2. The van der Waals surface area contributed by atoms with Crippen LogP contribution >= 0.6 is 0 Å². The number of aromatic carboxylic acids is 1. The lowest BCUT2D eigenvalue weighted by Crippen LogP contribution is -2.31. The number of hydrogen-bond acceptors (Lipinski definition) is 7. The van der Waals surface area contributed by atoms with E-state index in [1.54, 1.807) is 50.5 Å². The molecule has 0 bridgehead atoms. The zero-order valence-corrected chi connectivity index (χ0v) is 24.5. The van der Waals surface area contributed by atoms with Crippen molar-refractivity contribution >= 4 is 22.9 Å². The molecule has 5 aromatic rings. The van der Waals surface area contributed by atoms with Crippen LogP contribution in [0.5, 0.6) is 5.88 Å². The van der Waals surface area contributed by atoms with Gasteiger partial charge in [-0.3, -0.25) is 9.78 Å². The number of imidazole rings is 1. The number of ether oxygens (including phenoxy) is 2. The Balaban J connectivity index is 1.22. The molecule has 0 saturated carbocycles. The van der Waals surface area contributed by atoms with Crippen molar-refractivity contribution in [2.45, 2.75) is 32.1 Å². The molecule has 230 valence electrons. The minimum atomic E-state index is -1.07. The first-order chi connectivity index (χ1) is 21.7. The van der Waals surface area contributed by atoms with E-state index in [0.29, 0.717) is 41.3 Å². The van der Waals surface area contributed by atoms with Crippen LogP contribution in [0.25, 0.3) is 22.3 Å². The molecule has 1 saturated heterocycles. The summed E-state index contributed by atoms with van der Waals surface area (Å²) in [5.74, 6) is -1.91. The molecule has 10 nitrogen and oxygen atoms in total. The second kappa shape index (κ2) is 12.4. The van der Waals surface area contributed by atoms with Crippen LogP contribution < -0.4 is 4.74 Å². The maximum absolute atomic E-state index is 15.5. The summed E-state index contributed by atoms with van der Waals surface area (Å²) >= 11 is 0. The Morgan fingerprint density at radius 2 is 1.89 bits per heavy atom. The number of halogens is 2. The molecular weight excluding hydrogens is 584 g/mol. The van der Waals surface area contributed by atoms with E-state index >= 15 is 8.78 Å². The first-order valence-electron chi connectivity index (χ1n) is 14.2. The molecular formula is C33H29F2N5O5. The second-order valence-electron chi connectivity index (χ2n) is 10.9. The molecule has 12 heteroatoms. The molecule has 4 heterocycles. The zero-order chi connectivity index (χ0) is 31.7. The Labute approximate surface area is 256 Å². The first kappa shape index (κ1) is 29.8. The fraction of sp³-hybridized carbons (Fsp3) is 0.242. The van der Waals surface area contributed by atoms with E-state index in [-0.39, 0.29) is 53.3 Å². The van der Waals surface area contributed by atoms with Gasteiger partial charge >= 0.3 is 5.97 Å². The molecule has 2 aromatic carbocycles. The van der Waals surface area contributed by atoms with Gasteiger partial charge in [-0.2, -0.15) is 0 Å². The third-order valence-electron chi connectivity index (χ3n) is 7.57. The van der Waals surface area contributed by atoms with Gasteiger partial charge in [0.1, 0.15) is 29.8 Å². The number of hydrogen-bond donors (Lipinski definition) is 1. The van der Waals surface area contributed by atoms with E-state index in [4.69, 9.17) is 9.47 Å². The van der Waals surface area contributed by atoms with Crippen LogP contribution in [-0.4, -0.2) is 68.2 Å². The minimum absolute atomic E-state index is 0.0175. The summed E-state index contributed by atoms with van der Waals surface area (Å²) in [6.45, 7) is 1.16. The number of benzene rings is 2. The lowest BCUT2D eigenvalue weighted by atomic mass is 10.0. The summed E-state index contributed by atoms with van der Waals surface area (Å²) in [4.78, 5) is 38.2. The molecule has 45 heavy (non-hydrogen) atoms. The molecule has 1 aliphatic rings. The van der Waals surface area contributed by atoms with E-state index in [0.717, 1.165) is 18.6 Å². The molecule has 0 unspecified atom stereocenters. The standard InChI is InChI=1S/C33H29F2N5O5/c1-39(2)32(41)28-8-6-19(16-36-28)18-45-31-5-3-4-26(38-31)23-15-24(34)21(12-25(23)35)14-30-37-27-9-7-20(33(42)43)13-29(27)40(30)17-22-10-11-44-22/h3-9,12-13,15-16,22H,10-11,14,17-18H2,1-2H3,(H,42,43)/t22-/m0/s1. The molecule has 0 aliphatic carbocycles. The number of rotatable bonds is 10. The largest absolute Gasteiger partial charge is 0.478 e. The summed E-state index contributed by atoms with van der Waals surface area (Å²) in [6.07, 6.45) is 2.29. The van der Waals surface area contributed by atoms with E-state index in [1.165, 1.54) is 23.2 Å². The number of aromatic nitrogens is 4. The van der Waals surface area contributed by atoms with E-state index in [9.17, 15) is 14.7 Å². The lowest BCUT2D eigenvalue weighted by Gasteiger charge is -2.27. The number of carboxylic acid groups (broad SMARTS) is 1. The fourth-order valence-electron chi connectivity index (χ4n) is 5.03. The van der Waals surface area contributed by atoms with E-state index < -0.39 is 17.6 Å². The predicted molar refractivity (Wildman–Crippen MR) is 160 cm³/mol. The molecule has 0 radical (unpaired) electrons. The van der Waals surface area contributed by atoms with Gasteiger partial charge in [-0.1, -0.05) is 12.1 Å². The third kappa shape index (κ3) is 6.36. The van der Waals surface area contributed by atoms with Crippen LogP contribution in [0.1, 0.15) is 44.2 Å². The number of carbonyl (C=O) groups excluding carboxylic acids is 1. The van der Waals surface area contributed by atoms with Gasteiger partial charge in [-0.25, -0.2) is 23.5 Å². The van der Waals surface area contributed by atoms with Crippen molar-refractivity contribution in [3.8, 4) is 17.1 Å². The van der Waals surface area contributed by atoms with Gasteiger partial charge in [0, 0.05) is 50.5 Å². The second-order valence-corrected chi connectivity index (χ2v) is 10.9. The smallest absolute Gasteiger partial charge is 0.335 e. The molecule has 1 N–H and O–H groups in total. The SMILES string of the molecule is CN(C)C(=O)c1ccc(COc2cccc(-c3cc(F)c(Cc4nc5ccc(C(=O)O)cc5n4C[C@@H]4CCO4)cc3F)n2)cn1. The van der Waals surface area contributed by atoms with Crippen molar-refractivity contribution in [2.24, 2.45) is 0 Å². The van der Waals surface area contributed by atoms with Crippen molar-refractivity contribution < 1.29 is 33.0 Å². The highest BCUT2D eigenvalue weighted by atomic mass is 19.1. The van der Waals surface area contributed by atoms with E-state index in [2.05, 4.69) is 15.0 Å². The van der Waals surface area contributed by atoms with Crippen molar-refractivity contribution in [1.82, 2.24) is 24.4 Å². The van der Waals surface area contributed by atoms with Crippen molar-refractivity contribution in [1.29, 1.82) is 0 Å². The summed E-state index contributed by atoms with van der Waals surface area (Å²) in [5, 5.41) is 9.47. The normalized spacial score (nSPS) is 14.3. The number of fused-ring (bicyclic) bond motifs is 1. The Kier molecular flexibility index (Phi) is 8.22. The van der Waals surface area contributed by atoms with Gasteiger partial charge in [-0.15, -0.1) is 0 Å². The van der Waals surface area contributed by atoms with Crippen molar-refractivity contribution in [3.63, 3.8) is 0 Å². The van der Waals surface area contributed by atoms with Crippen LogP contribution in [-0.2, 0) is 24.3 Å². The summed E-state index contributed by atoms with van der Waals surface area (Å²) < 4.78 is 44.2. The monoisotopic (exact) mass is 613 g/mol. The summed E-state index contributed by atoms with van der Waals surface area (Å²) in [7, 11) is 3.29. The van der Waals surface area contributed by atoms with Gasteiger partial charge in [0.2, 0.25) is 5.88 Å². The minimum Gasteiger partial charge on any atom is -0.478 e. The van der Waals surface area contributed by atoms with Gasteiger partial charge < -0.3 is 24.0 Å². The van der Waals surface area contributed by atoms with E-state index in [1.807, 2.05) is 4.57 Å². The molecule has 1 fully saturated rings. The maximum atomic E-state index is 15.5. The average molecular weight is 614 g/mol. The quantitative estimate of drug-likeness (QED) is 0.230. The van der Waals surface area contributed by atoms with Gasteiger partial charge in [-0.05, 0) is 54.4 Å². The van der Waals surface area contributed by atoms with Crippen LogP contribution in [0.15, 0.2) is 66.9 Å². The first-order valence-corrected chi connectivity index (χ1v) is 14.2. The molecule has 6 rings (SSSR count). The number of amides is 1. The van der Waals surface area contributed by atoms with Crippen molar-refractivity contribution in [2.75, 3.05) is 20.7 Å². The molecule has 3 aromatic heterocycles. The van der Waals surface area contributed by atoms with Crippen LogP contribution in [0, 0.1) is 11.6 Å². The molecule has 1 atom stereocenters. The Bertz CT molecular complexity index is 1900. The Hall–Kier alpha value is -5.23. The maximum Gasteiger partial charge on any atom is 0.335 e. The molecule has 1 amide bonds. The highest BCUT2D eigenvalue weighted by Crippen LogP contribution is 2.29. The lowest BCUT2D eigenvalue weighted by molar-refractivity contribution is -0.0589. The highest BCUT2D eigenvalue weighted by Gasteiger charge is 2.24. The van der Waals surface area contributed by atoms with Crippen molar-refractivity contribution in [3.05, 3.63) is 107 Å². The predicted octanol–water partition coefficient (Wildman–Crippen LogP) is 5.13. The molecule has 0 spiro atoms. The third-order valence-corrected chi connectivity index (χ3v) is 7.57. The molecule has 1 aliphatic heterocycles. The number of pyridine rings is 2. The average Bonchev–Trinajstić information content (AvgIpc) is 3.35. The van der Waals surface area contributed by atoms with Crippen LogP contribution in [0.4, 0.5) is 8.78 Å². The Morgan fingerprint density at radius 1 is 1.07 bits per heavy atom. The van der Waals surface area contributed by atoms with Gasteiger partial charge in [0.15, 0.2) is 0 Å². The summed E-state index contributed by atoms with van der Waals surface area (Å²) in [5.41, 5.74) is 2.52. The summed E-state index contributed by atoms with van der Waals surface area (Å²) in [6, 6.07) is 15.0. The van der Waals surface area contributed by atoms with Crippen LogP contribution in [0.2, 0.25) is 0 Å². The highest BCUT2D eigenvalue weighted by molar-refractivity contribution is 5.93. The fourth-order valence-corrected chi connectivity index (χ4v) is 5.03. The Morgan fingerprint density at radius 3 is 2.58 bits per heavy atom. The number of nitrogens with zero attached hydrogens (tertiary/aromatic N) is 5. The topological polar surface area (TPSA) is 120 Å². The zero-order valence-electron chi connectivity index (χ0n) is 24.5. The van der Waals surface area contributed by atoms with Crippen LogP contribution in [0.3, 0.4) is 0 Å². The van der Waals surface area contributed by atoms with Gasteiger partial charge in [0.05, 0.1) is 34.9 Å². The van der Waals surface area contributed by atoms with Gasteiger partial charge in [0.25, 0.3) is 5.91 Å².